The Morgan fingerprint density at radius 2 is 1.89 bits per heavy atom. The lowest BCUT2D eigenvalue weighted by Crippen LogP contribution is -2.45. The molecule has 0 atom stereocenters. The fraction of sp³-hybridized carbons (Fsp3) is 0.579. The predicted molar refractivity (Wildman–Crippen MR) is 93.4 cm³/mol. The van der Waals surface area contributed by atoms with Crippen molar-refractivity contribution in [3.05, 3.63) is 28.3 Å². The van der Waals surface area contributed by atoms with E-state index >= 15 is 0 Å². The van der Waals surface area contributed by atoms with Gasteiger partial charge in [0.2, 0.25) is 5.76 Å². The average molecular weight is 396 g/mol. The highest BCUT2D eigenvalue weighted by Gasteiger charge is 2.67. The third kappa shape index (κ3) is 2.56. The molecular formula is C19H19F3N2O2S. The van der Waals surface area contributed by atoms with Crippen LogP contribution in [-0.4, -0.2) is 29.1 Å². The zero-order valence-electron chi connectivity index (χ0n) is 14.9. The number of thiophene rings is 1. The normalized spacial score (nSPS) is 22.4. The number of halogens is 3. The predicted octanol–water partition coefficient (Wildman–Crippen LogP) is 5.14. The van der Waals surface area contributed by atoms with E-state index in [9.17, 15) is 18.0 Å². The quantitative estimate of drug-likeness (QED) is 0.706. The van der Waals surface area contributed by atoms with Crippen LogP contribution in [0, 0.1) is 17.8 Å². The number of carbonyl (C=O) groups excluding carboxylic acids is 1. The van der Waals surface area contributed by atoms with Gasteiger partial charge in [0, 0.05) is 18.7 Å². The van der Waals surface area contributed by atoms with Gasteiger partial charge in [-0.25, -0.2) is 0 Å². The summed E-state index contributed by atoms with van der Waals surface area (Å²) in [5, 5.41) is 3.59. The molecule has 2 aromatic heterocycles. The average Bonchev–Trinajstić information content (AvgIpc) is 3.46. The Morgan fingerprint density at radius 3 is 2.48 bits per heavy atom. The van der Waals surface area contributed by atoms with E-state index in [1.807, 2.05) is 4.90 Å². The molecule has 1 aliphatic heterocycles. The van der Waals surface area contributed by atoms with Crippen molar-refractivity contribution >= 4 is 17.2 Å². The van der Waals surface area contributed by atoms with Gasteiger partial charge < -0.3 is 9.42 Å². The smallest absolute Gasteiger partial charge is 0.351 e. The molecule has 5 rings (SSSR count). The molecule has 27 heavy (non-hydrogen) atoms. The van der Waals surface area contributed by atoms with E-state index in [1.54, 1.807) is 12.1 Å². The van der Waals surface area contributed by atoms with Gasteiger partial charge in [0.1, 0.15) is 5.69 Å². The van der Waals surface area contributed by atoms with Crippen LogP contribution in [0.25, 0.3) is 10.6 Å². The maximum atomic E-state index is 13.0. The first-order valence-corrected chi connectivity index (χ1v) is 9.99. The number of alkyl halides is 3. The second kappa shape index (κ2) is 5.37. The van der Waals surface area contributed by atoms with E-state index in [-0.39, 0.29) is 17.2 Å². The van der Waals surface area contributed by atoms with Crippen LogP contribution in [0.4, 0.5) is 13.2 Å². The Hall–Kier alpha value is -1.83. The largest absolute Gasteiger partial charge is 0.452 e. The van der Waals surface area contributed by atoms with E-state index in [1.165, 1.54) is 43.9 Å². The van der Waals surface area contributed by atoms with Gasteiger partial charge in [0.05, 0.1) is 9.75 Å². The molecule has 2 aliphatic carbocycles. The van der Waals surface area contributed by atoms with Crippen LogP contribution in [0.3, 0.4) is 0 Å². The molecule has 0 unspecified atom stereocenters. The summed E-state index contributed by atoms with van der Waals surface area (Å²) < 4.78 is 43.2. The van der Waals surface area contributed by atoms with Crippen molar-refractivity contribution in [1.29, 1.82) is 0 Å². The zero-order chi connectivity index (χ0) is 19.0. The van der Waals surface area contributed by atoms with Crippen molar-refractivity contribution in [2.45, 2.75) is 45.2 Å². The van der Waals surface area contributed by atoms with Gasteiger partial charge in [-0.3, -0.25) is 4.79 Å². The van der Waals surface area contributed by atoms with Gasteiger partial charge in [0.25, 0.3) is 5.91 Å². The second-order valence-electron chi connectivity index (χ2n) is 8.18. The van der Waals surface area contributed by atoms with Crippen LogP contribution in [-0.2, 0) is 6.18 Å². The summed E-state index contributed by atoms with van der Waals surface area (Å²) in [6, 6.07) is 3.34. The minimum Gasteiger partial charge on any atom is -0.351 e. The van der Waals surface area contributed by atoms with Crippen LogP contribution >= 0.6 is 11.3 Å². The molecule has 0 N–H and O–H groups in total. The number of piperidine rings is 1. The highest BCUT2D eigenvalue weighted by Crippen LogP contribution is 2.73. The highest BCUT2D eigenvalue weighted by molar-refractivity contribution is 7.17. The molecule has 3 heterocycles. The molecule has 3 aliphatic rings. The van der Waals surface area contributed by atoms with E-state index in [4.69, 9.17) is 0 Å². The van der Waals surface area contributed by atoms with Crippen molar-refractivity contribution in [2.75, 3.05) is 13.1 Å². The minimum atomic E-state index is -4.57. The van der Waals surface area contributed by atoms with Gasteiger partial charge in [-0.1, -0.05) is 5.16 Å². The molecule has 4 nitrogen and oxygen atoms in total. The lowest BCUT2D eigenvalue weighted by atomic mass is 9.79. The molecule has 1 amide bonds. The number of hydrogen-bond acceptors (Lipinski definition) is 4. The second-order valence-corrected chi connectivity index (χ2v) is 9.27. The lowest BCUT2D eigenvalue weighted by Gasteiger charge is -2.39. The molecule has 2 spiro atoms. The lowest BCUT2D eigenvalue weighted by molar-refractivity contribution is -0.156. The number of amides is 1. The van der Waals surface area contributed by atoms with Crippen LogP contribution in [0.5, 0.6) is 0 Å². The van der Waals surface area contributed by atoms with Gasteiger partial charge in [-0.2, -0.15) is 13.2 Å². The van der Waals surface area contributed by atoms with Crippen molar-refractivity contribution in [3.63, 3.8) is 0 Å². The standard InChI is InChI=1S/C19H19F3N2O2S/c1-11-14(23-26-15(11)19(20,21)22)12-2-3-13(27-12)16(25)24-9-8-17(4-5-17)18(10-24)6-7-18/h2-3H,4-10H2,1H3. The van der Waals surface area contributed by atoms with Gasteiger partial charge >= 0.3 is 6.18 Å². The molecule has 0 aromatic carbocycles. The van der Waals surface area contributed by atoms with Crippen LogP contribution in [0.2, 0.25) is 0 Å². The molecule has 0 bridgehead atoms. The molecule has 2 saturated carbocycles. The molecule has 8 heteroatoms. The van der Waals surface area contributed by atoms with E-state index in [0.29, 0.717) is 20.6 Å². The van der Waals surface area contributed by atoms with E-state index in [0.717, 1.165) is 19.5 Å². The van der Waals surface area contributed by atoms with Crippen LogP contribution in [0.15, 0.2) is 16.7 Å². The number of aromatic nitrogens is 1. The minimum absolute atomic E-state index is 0.0229. The summed E-state index contributed by atoms with van der Waals surface area (Å²) in [6.07, 6.45) is 1.52. The number of fused-ring (bicyclic) bond motifs is 1. The van der Waals surface area contributed by atoms with Crippen molar-refractivity contribution < 1.29 is 22.5 Å². The van der Waals surface area contributed by atoms with Crippen LogP contribution < -0.4 is 0 Å². The van der Waals surface area contributed by atoms with Crippen molar-refractivity contribution in [2.24, 2.45) is 10.8 Å². The molecule has 1 saturated heterocycles. The monoisotopic (exact) mass is 396 g/mol. The molecule has 2 aromatic rings. The first-order chi connectivity index (χ1) is 12.7. The van der Waals surface area contributed by atoms with Gasteiger partial charge in [-0.15, -0.1) is 11.3 Å². The molecule has 0 radical (unpaired) electrons. The zero-order valence-corrected chi connectivity index (χ0v) is 15.7. The van der Waals surface area contributed by atoms with E-state index in [2.05, 4.69) is 9.68 Å². The van der Waals surface area contributed by atoms with Crippen molar-refractivity contribution in [1.82, 2.24) is 10.1 Å². The highest BCUT2D eigenvalue weighted by atomic mass is 32.1. The maximum Gasteiger partial charge on any atom is 0.452 e. The number of carbonyl (C=O) groups is 1. The third-order valence-corrected chi connectivity index (χ3v) is 7.78. The number of nitrogens with zero attached hydrogens (tertiary/aromatic N) is 2. The summed E-state index contributed by atoms with van der Waals surface area (Å²) >= 11 is 1.18. The fourth-order valence-corrected chi connectivity index (χ4v) is 5.75. The SMILES string of the molecule is Cc1c(-c2ccc(C(=O)N3CCC4(CC4)C4(CC4)C3)s2)noc1C(F)(F)F. The summed E-state index contributed by atoms with van der Waals surface area (Å²) in [4.78, 5) is 16.0. The van der Waals surface area contributed by atoms with E-state index < -0.39 is 11.9 Å². The summed E-state index contributed by atoms with van der Waals surface area (Å²) in [5.41, 5.74) is 0.941. The number of hydrogen-bond donors (Lipinski definition) is 0. The fourth-order valence-electron chi connectivity index (χ4n) is 4.74. The molecule has 144 valence electrons. The molecular weight excluding hydrogens is 377 g/mol. The Bertz CT molecular complexity index is 922. The summed E-state index contributed by atoms with van der Waals surface area (Å²) in [5.74, 6) is -1.11. The number of likely N-dealkylation sites (tertiary alicyclic amines) is 1. The van der Waals surface area contributed by atoms with Gasteiger partial charge in [-0.05, 0) is 62.0 Å². The number of rotatable bonds is 2. The Morgan fingerprint density at radius 1 is 1.19 bits per heavy atom. The molecule has 3 fully saturated rings. The Balaban J connectivity index is 1.37. The Labute approximate surface area is 158 Å². The summed E-state index contributed by atoms with van der Waals surface area (Å²) in [7, 11) is 0. The van der Waals surface area contributed by atoms with Crippen LogP contribution in [0.1, 0.15) is 53.1 Å². The first-order valence-electron chi connectivity index (χ1n) is 9.18. The van der Waals surface area contributed by atoms with Gasteiger partial charge in [0.15, 0.2) is 0 Å². The third-order valence-electron chi connectivity index (χ3n) is 6.70. The topological polar surface area (TPSA) is 46.3 Å². The first kappa shape index (κ1) is 17.3. The summed E-state index contributed by atoms with van der Waals surface area (Å²) in [6.45, 7) is 2.93. The van der Waals surface area contributed by atoms with Crippen molar-refractivity contribution in [3.8, 4) is 10.6 Å². The maximum absolute atomic E-state index is 13.0. The Kier molecular flexibility index (Phi) is 3.44.